The predicted molar refractivity (Wildman–Crippen MR) is 104 cm³/mol. The summed E-state index contributed by atoms with van der Waals surface area (Å²) in [7, 11) is 3.13. The number of carbonyl (C=O) groups excluding carboxylic acids is 1. The Labute approximate surface area is 157 Å². The molecule has 0 aliphatic carbocycles. The van der Waals surface area contributed by atoms with Crippen LogP contribution < -0.4 is 20.1 Å². The van der Waals surface area contributed by atoms with E-state index in [1.54, 1.807) is 51.5 Å². The van der Waals surface area contributed by atoms with E-state index in [9.17, 15) is 4.79 Å². The molecule has 0 spiro atoms. The van der Waals surface area contributed by atoms with E-state index >= 15 is 0 Å². The molecule has 27 heavy (non-hydrogen) atoms. The van der Waals surface area contributed by atoms with Crippen molar-refractivity contribution in [2.45, 2.75) is 6.92 Å². The molecule has 3 aromatic rings. The molecular weight excluding hydrogens is 344 g/mol. The zero-order valence-electron chi connectivity index (χ0n) is 15.3. The first-order chi connectivity index (χ1) is 13.1. The van der Waals surface area contributed by atoms with Gasteiger partial charge in [0, 0.05) is 23.0 Å². The number of aromatic nitrogens is 2. The number of ether oxygens (including phenoxy) is 2. The molecule has 2 aromatic carbocycles. The minimum absolute atomic E-state index is 0.203. The van der Waals surface area contributed by atoms with Crippen LogP contribution in [0.1, 0.15) is 16.2 Å². The molecule has 7 heteroatoms. The highest BCUT2D eigenvalue weighted by Crippen LogP contribution is 2.21. The Morgan fingerprint density at radius 2 is 1.67 bits per heavy atom. The van der Waals surface area contributed by atoms with Gasteiger partial charge in [-0.3, -0.25) is 4.79 Å². The third-order valence-corrected chi connectivity index (χ3v) is 3.77. The fourth-order valence-corrected chi connectivity index (χ4v) is 2.46. The lowest BCUT2D eigenvalue weighted by Crippen LogP contribution is -2.11. The van der Waals surface area contributed by atoms with E-state index < -0.39 is 0 Å². The third-order valence-electron chi connectivity index (χ3n) is 3.77. The first kappa shape index (κ1) is 18.2. The normalized spacial score (nSPS) is 10.2. The van der Waals surface area contributed by atoms with Crippen molar-refractivity contribution in [2.24, 2.45) is 0 Å². The summed E-state index contributed by atoms with van der Waals surface area (Å²) in [5.74, 6) is 2.17. The van der Waals surface area contributed by atoms with Crippen LogP contribution in [0.3, 0.4) is 0 Å². The highest BCUT2D eigenvalue weighted by atomic mass is 16.5. The number of nitrogens with zero attached hydrogens (tertiary/aromatic N) is 2. The lowest BCUT2D eigenvalue weighted by molar-refractivity contribution is 0.102. The number of aryl methyl sites for hydroxylation is 1. The fourth-order valence-electron chi connectivity index (χ4n) is 2.46. The summed E-state index contributed by atoms with van der Waals surface area (Å²) in [6, 6.07) is 16.0. The highest BCUT2D eigenvalue weighted by Gasteiger charge is 2.08. The Morgan fingerprint density at radius 1 is 0.926 bits per heavy atom. The minimum Gasteiger partial charge on any atom is -0.497 e. The van der Waals surface area contributed by atoms with Crippen LogP contribution in [0.5, 0.6) is 11.6 Å². The molecule has 1 aromatic heterocycles. The van der Waals surface area contributed by atoms with Gasteiger partial charge in [-0.15, -0.1) is 0 Å². The number of nitrogens with one attached hydrogen (secondary N) is 2. The van der Waals surface area contributed by atoms with Gasteiger partial charge in [-0.05, 0) is 49.4 Å². The molecule has 0 unspecified atom stereocenters. The van der Waals surface area contributed by atoms with Gasteiger partial charge in [0.2, 0.25) is 5.88 Å². The van der Waals surface area contributed by atoms with E-state index in [1.807, 2.05) is 24.3 Å². The Bertz CT molecular complexity index is 942. The second-order valence-electron chi connectivity index (χ2n) is 5.73. The Kier molecular flexibility index (Phi) is 5.51. The molecule has 0 bridgehead atoms. The molecule has 2 N–H and O–H groups in total. The molecule has 0 fully saturated rings. The van der Waals surface area contributed by atoms with Gasteiger partial charge in [0.25, 0.3) is 5.91 Å². The Hall–Kier alpha value is -3.61. The quantitative estimate of drug-likeness (QED) is 0.692. The lowest BCUT2D eigenvalue weighted by Gasteiger charge is -2.10. The van der Waals surface area contributed by atoms with Crippen LogP contribution in [0.25, 0.3) is 0 Å². The van der Waals surface area contributed by atoms with Gasteiger partial charge in [0.05, 0.1) is 14.2 Å². The van der Waals surface area contributed by atoms with Crippen LogP contribution in [-0.4, -0.2) is 30.1 Å². The summed E-state index contributed by atoms with van der Waals surface area (Å²) < 4.78 is 10.3. The number of rotatable bonds is 6. The number of hydrogen-bond acceptors (Lipinski definition) is 6. The van der Waals surface area contributed by atoms with Crippen molar-refractivity contribution in [2.75, 3.05) is 24.9 Å². The number of methoxy groups -OCH3 is 2. The van der Waals surface area contributed by atoms with E-state index in [-0.39, 0.29) is 5.91 Å². The maximum atomic E-state index is 12.4. The van der Waals surface area contributed by atoms with Crippen LogP contribution in [0, 0.1) is 6.92 Å². The zero-order chi connectivity index (χ0) is 19.2. The van der Waals surface area contributed by atoms with Crippen LogP contribution in [0.15, 0.2) is 54.6 Å². The maximum Gasteiger partial charge on any atom is 0.255 e. The fraction of sp³-hybridized carbons (Fsp3) is 0.150. The molecule has 0 saturated carbocycles. The lowest BCUT2D eigenvalue weighted by atomic mass is 10.2. The first-order valence-corrected chi connectivity index (χ1v) is 8.29. The molecule has 0 saturated heterocycles. The first-order valence-electron chi connectivity index (χ1n) is 8.29. The average molecular weight is 364 g/mol. The zero-order valence-corrected chi connectivity index (χ0v) is 15.3. The number of hydrogen-bond donors (Lipinski definition) is 2. The molecule has 0 aliphatic rings. The standard InChI is InChI=1S/C20H20N4O3/c1-13-21-18(12-19(22-13)27-3)23-15-7-9-16(10-8-15)24-20(25)14-5-4-6-17(11-14)26-2/h4-12H,1-3H3,(H,24,25)(H,21,22,23). The van der Waals surface area contributed by atoms with Gasteiger partial charge in [-0.2, -0.15) is 4.98 Å². The van der Waals surface area contributed by atoms with E-state index in [0.29, 0.717) is 34.5 Å². The molecule has 0 aliphatic heterocycles. The third kappa shape index (κ3) is 4.72. The van der Waals surface area contributed by atoms with Gasteiger partial charge in [-0.25, -0.2) is 4.98 Å². The van der Waals surface area contributed by atoms with Crippen molar-refractivity contribution in [3.63, 3.8) is 0 Å². The topological polar surface area (TPSA) is 85.4 Å². The summed E-state index contributed by atoms with van der Waals surface area (Å²) >= 11 is 0. The summed E-state index contributed by atoms with van der Waals surface area (Å²) in [6.07, 6.45) is 0. The Morgan fingerprint density at radius 3 is 2.37 bits per heavy atom. The summed E-state index contributed by atoms with van der Waals surface area (Å²) in [5.41, 5.74) is 2.04. The van der Waals surface area contributed by atoms with Crippen LogP contribution in [-0.2, 0) is 0 Å². The maximum absolute atomic E-state index is 12.4. The monoisotopic (exact) mass is 364 g/mol. The van der Waals surface area contributed by atoms with Gasteiger partial charge in [0.15, 0.2) is 0 Å². The van der Waals surface area contributed by atoms with Crippen LogP contribution >= 0.6 is 0 Å². The van der Waals surface area contributed by atoms with E-state index in [0.717, 1.165) is 5.69 Å². The van der Waals surface area contributed by atoms with Crippen molar-refractivity contribution >= 4 is 23.1 Å². The molecule has 138 valence electrons. The summed E-state index contributed by atoms with van der Waals surface area (Å²) in [6.45, 7) is 1.80. The van der Waals surface area contributed by atoms with Crippen LogP contribution in [0.2, 0.25) is 0 Å². The van der Waals surface area contributed by atoms with Gasteiger partial charge >= 0.3 is 0 Å². The molecule has 7 nitrogen and oxygen atoms in total. The molecule has 1 heterocycles. The summed E-state index contributed by atoms with van der Waals surface area (Å²) in [4.78, 5) is 20.8. The largest absolute Gasteiger partial charge is 0.497 e. The van der Waals surface area contributed by atoms with Crippen molar-refractivity contribution in [3.8, 4) is 11.6 Å². The second kappa shape index (κ2) is 8.18. The molecule has 0 atom stereocenters. The van der Waals surface area contributed by atoms with Crippen molar-refractivity contribution < 1.29 is 14.3 Å². The van der Waals surface area contributed by atoms with E-state index in [1.165, 1.54) is 0 Å². The Balaban J connectivity index is 1.68. The summed E-state index contributed by atoms with van der Waals surface area (Å²) in [5, 5.41) is 6.05. The SMILES string of the molecule is COc1cccc(C(=O)Nc2ccc(Nc3cc(OC)nc(C)n3)cc2)c1. The number of benzene rings is 2. The average Bonchev–Trinajstić information content (AvgIpc) is 2.69. The predicted octanol–water partition coefficient (Wildman–Crippen LogP) is 3.80. The molecule has 1 amide bonds. The van der Waals surface area contributed by atoms with Crippen molar-refractivity contribution in [1.82, 2.24) is 9.97 Å². The molecule has 0 radical (unpaired) electrons. The number of amides is 1. The number of anilines is 3. The van der Waals surface area contributed by atoms with E-state index in [4.69, 9.17) is 9.47 Å². The minimum atomic E-state index is -0.203. The van der Waals surface area contributed by atoms with Crippen LogP contribution in [0.4, 0.5) is 17.2 Å². The number of carbonyl (C=O) groups is 1. The highest BCUT2D eigenvalue weighted by molar-refractivity contribution is 6.04. The van der Waals surface area contributed by atoms with E-state index in [2.05, 4.69) is 20.6 Å². The molecule has 3 rings (SSSR count). The van der Waals surface area contributed by atoms with Gasteiger partial charge < -0.3 is 20.1 Å². The second-order valence-corrected chi connectivity index (χ2v) is 5.73. The van der Waals surface area contributed by atoms with Gasteiger partial charge in [-0.1, -0.05) is 6.07 Å². The smallest absolute Gasteiger partial charge is 0.255 e. The van der Waals surface area contributed by atoms with Gasteiger partial charge in [0.1, 0.15) is 17.4 Å². The van der Waals surface area contributed by atoms with Crippen molar-refractivity contribution in [1.29, 1.82) is 0 Å². The molecular formula is C20H20N4O3. The van der Waals surface area contributed by atoms with Crippen molar-refractivity contribution in [3.05, 3.63) is 66.0 Å².